The zero-order chi connectivity index (χ0) is 20.7. The van der Waals surface area contributed by atoms with E-state index in [1.165, 1.54) is 122 Å². The van der Waals surface area contributed by atoms with E-state index in [1.807, 2.05) is 0 Å². The van der Waals surface area contributed by atoms with Crippen molar-refractivity contribution in [3.63, 3.8) is 0 Å². The first-order valence-corrected chi connectivity index (χ1v) is 12.8. The molecule has 0 atom stereocenters. The first kappa shape index (κ1) is 27.5. The highest BCUT2D eigenvalue weighted by molar-refractivity contribution is 5.66. The maximum Gasteiger partial charge on any atom is 0.303 e. The van der Waals surface area contributed by atoms with Gasteiger partial charge in [-0.1, -0.05) is 142 Å². The van der Waals surface area contributed by atoms with Crippen molar-refractivity contribution in [3.05, 3.63) is 0 Å². The van der Waals surface area contributed by atoms with E-state index in [0.29, 0.717) is 6.42 Å². The van der Waals surface area contributed by atoms with E-state index in [0.717, 1.165) is 18.8 Å². The van der Waals surface area contributed by atoms with Crippen LogP contribution in [0.2, 0.25) is 0 Å². The molecule has 0 unspecified atom stereocenters. The molecule has 2 heteroatoms. The monoisotopic (exact) mass is 396 g/mol. The average molecular weight is 397 g/mol. The Morgan fingerprint density at radius 3 is 1.00 bits per heavy atom. The molecule has 0 aliphatic heterocycles. The quantitative estimate of drug-likeness (QED) is 0.175. The molecule has 168 valence electrons. The molecular weight excluding hydrogens is 344 g/mol. The predicted octanol–water partition coefficient (Wildman–Crippen LogP) is 9.31. The molecule has 0 bridgehead atoms. The summed E-state index contributed by atoms with van der Waals surface area (Å²) in [5, 5.41) is 8.59. The number of hydrogen-bond donors (Lipinski definition) is 1. The van der Waals surface area contributed by atoms with Gasteiger partial charge in [0.05, 0.1) is 0 Å². The van der Waals surface area contributed by atoms with Crippen LogP contribution in [0.1, 0.15) is 155 Å². The van der Waals surface area contributed by atoms with Crippen molar-refractivity contribution in [2.24, 2.45) is 5.92 Å². The molecule has 0 aromatic rings. The molecule has 0 spiro atoms. The summed E-state index contributed by atoms with van der Waals surface area (Å²) < 4.78 is 0. The summed E-state index contributed by atoms with van der Waals surface area (Å²) in [5.41, 5.74) is 0. The Morgan fingerprint density at radius 1 is 0.500 bits per heavy atom. The second-order valence-corrected chi connectivity index (χ2v) is 9.40. The van der Waals surface area contributed by atoms with Gasteiger partial charge in [-0.15, -0.1) is 0 Å². The number of carbonyl (C=O) groups is 1. The Morgan fingerprint density at radius 2 is 0.750 bits per heavy atom. The van der Waals surface area contributed by atoms with Crippen LogP contribution in [0.15, 0.2) is 0 Å². The van der Waals surface area contributed by atoms with Crippen LogP contribution in [0.25, 0.3) is 0 Å². The molecule has 0 radical (unpaired) electrons. The van der Waals surface area contributed by atoms with Crippen LogP contribution in [0.3, 0.4) is 0 Å². The molecule has 0 fully saturated rings. The lowest BCUT2D eigenvalue weighted by Crippen LogP contribution is -1.93. The highest BCUT2D eigenvalue weighted by Crippen LogP contribution is 2.15. The summed E-state index contributed by atoms with van der Waals surface area (Å²) in [4.78, 5) is 10.4. The maximum absolute atomic E-state index is 10.4. The van der Waals surface area contributed by atoms with E-state index in [2.05, 4.69) is 13.8 Å². The molecule has 28 heavy (non-hydrogen) atoms. The predicted molar refractivity (Wildman–Crippen MR) is 124 cm³/mol. The van der Waals surface area contributed by atoms with Gasteiger partial charge in [0.15, 0.2) is 0 Å². The first-order chi connectivity index (χ1) is 13.6. The lowest BCUT2D eigenvalue weighted by molar-refractivity contribution is -0.137. The highest BCUT2D eigenvalue weighted by atomic mass is 16.4. The van der Waals surface area contributed by atoms with E-state index in [4.69, 9.17) is 5.11 Å². The highest BCUT2D eigenvalue weighted by Gasteiger charge is 1.98. The minimum absolute atomic E-state index is 0.346. The fraction of sp³-hybridized carbons (Fsp3) is 0.962. The van der Waals surface area contributed by atoms with Crippen LogP contribution >= 0.6 is 0 Å². The molecule has 0 amide bonds. The lowest BCUT2D eigenvalue weighted by Gasteiger charge is -2.05. The van der Waals surface area contributed by atoms with Gasteiger partial charge >= 0.3 is 5.97 Å². The summed E-state index contributed by atoms with van der Waals surface area (Å²) in [5.74, 6) is 0.232. The fourth-order valence-electron chi connectivity index (χ4n) is 4.01. The topological polar surface area (TPSA) is 37.3 Å². The third-order valence-corrected chi connectivity index (χ3v) is 5.92. The zero-order valence-electron chi connectivity index (χ0n) is 19.5. The van der Waals surface area contributed by atoms with E-state index in [9.17, 15) is 4.79 Å². The number of rotatable bonds is 23. The summed E-state index contributed by atoms with van der Waals surface area (Å²) in [6.45, 7) is 4.66. The first-order valence-electron chi connectivity index (χ1n) is 12.8. The van der Waals surface area contributed by atoms with Crippen molar-refractivity contribution in [1.82, 2.24) is 0 Å². The summed E-state index contributed by atoms with van der Waals surface area (Å²) >= 11 is 0. The van der Waals surface area contributed by atoms with Gasteiger partial charge in [0.25, 0.3) is 0 Å². The molecule has 0 aromatic carbocycles. The summed E-state index contributed by atoms with van der Waals surface area (Å²) in [6, 6.07) is 0. The molecule has 0 aromatic heterocycles. The molecule has 2 nitrogen and oxygen atoms in total. The van der Waals surface area contributed by atoms with Gasteiger partial charge in [0.2, 0.25) is 0 Å². The van der Waals surface area contributed by atoms with Crippen molar-refractivity contribution in [3.8, 4) is 0 Å². The van der Waals surface area contributed by atoms with Gasteiger partial charge in [-0.3, -0.25) is 4.79 Å². The van der Waals surface area contributed by atoms with Gasteiger partial charge in [0, 0.05) is 6.42 Å². The van der Waals surface area contributed by atoms with E-state index >= 15 is 0 Å². The molecule has 0 heterocycles. The second-order valence-electron chi connectivity index (χ2n) is 9.40. The Bertz CT molecular complexity index is 312. The zero-order valence-corrected chi connectivity index (χ0v) is 19.5. The smallest absolute Gasteiger partial charge is 0.303 e. The number of unbranched alkanes of at least 4 members (excludes halogenated alkanes) is 19. The summed E-state index contributed by atoms with van der Waals surface area (Å²) in [6.07, 6.45) is 29.1. The number of carboxylic acid groups (broad SMARTS) is 1. The third-order valence-electron chi connectivity index (χ3n) is 5.92. The SMILES string of the molecule is CC(C)CCCCCCCCCCCCCCCCCCCCCCC(=O)O. The van der Waals surface area contributed by atoms with E-state index in [1.54, 1.807) is 0 Å². The standard InChI is InChI=1S/C26H52O2/c1-25(2)23-21-19-17-15-13-11-9-7-5-3-4-6-8-10-12-14-16-18-20-22-24-26(27)28/h25H,3-24H2,1-2H3,(H,27,28). The van der Waals surface area contributed by atoms with E-state index in [-0.39, 0.29) is 0 Å². The molecule has 0 aliphatic rings. The normalized spacial score (nSPS) is 11.4. The van der Waals surface area contributed by atoms with Crippen molar-refractivity contribution >= 4 is 5.97 Å². The molecule has 0 saturated carbocycles. The fourth-order valence-corrected chi connectivity index (χ4v) is 4.01. The Balaban J connectivity index is 3.00. The van der Waals surface area contributed by atoms with Crippen LogP contribution in [0, 0.1) is 5.92 Å². The van der Waals surface area contributed by atoms with Gasteiger partial charge in [-0.25, -0.2) is 0 Å². The molecule has 0 saturated heterocycles. The van der Waals surface area contributed by atoms with Crippen molar-refractivity contribution in [2.45, 2.75) is 155 Å². The molecule has 0 rings (SSSR count). The molecule has 0 aliphatic carbocycles. The van der Waals surface area contributed by atoms with Crippen LogP contribution < -0.4 is 0 Å². The van der Waals surface area contributed by atoms with Gasteiger partial charge in [-0.2, -0.15) is 0 Å². The average Bonchev–Trinajstić information content (AvgIpc) is 2.65. The summed E-state index contributed by atoms with van der Waals surface area (Å²) in [7, 11) is 0. The van der Waals surface area contributed by atoms with Gasteiger partial charge in [0.1, 0.15) is 0 Å². The second kappa shape index (κ2) is 22.8. The number of carboxylic acids is 1. The number of aliphatic carboxylic acids is 1. The minimum Gasteiger partial charge on any atom is -0.481 e. The Hall–Kier alpha value is -0.530. The van der Waals surface area contributed by atoms with Crippen molar-refractivity contribution < 1.29 is 9.90 Å². The Kier molecular flexibility index (Phi) is 22.3. The van der Waals surface area contributed by atoms with Crippen LogP contribution in [-0.2, 0) is 4.79 Å². The van der Waals surface area contributed by atoms with Gasteiger partial charge in [-0.05, 0) is 12.3 Å². The molecular formula is C26H52O2. The number of hydrogen-bond acceptors (Lipinski definition) is 1. The molecule has 1 N–H and O–H groups in total. The Labute approximate surface area is 177 Å². The van der Waals surface area contributed by atoms with Crippen molar-refractivity contribution in [1.29, 1.82) is 0 Å². The van der Waals surface area contributed by atoms with Crippen molar-refractivity contribution in [2.75, 3.05) is 0 Å². The minimum atomic E-state index is -0.650. The largest absolute Gasteiger partial charge is 0.481 e. The third kappa shape index (κ3) is 25.5. The van der Waals surface area contributed by atoms with Crippen LogP contribution in [-0.4, -0.2) is 11.1 Å². The lowest BCUT2D eigenvalue weighted by atomic mass is 10.0. The van der Waals surface area contributed by atoms with E-state index < -0.39 is 5.97 Å². The van der Waals surface area contributed by atoms with Crippen LogP contribution in [0.5, 0.6) is 0 Å². The van der Waals surface area contributed by atoms with Crippen LogP contribution in [0.4, 0.5) is 0 Å². The van der Waals surface area contributed by atoms with Gasteiger partial charge < -0.3 is 5.11 Å². The maximum atomic E-state index is 10.4.